The molecule has 2 aromatic heterocycles. The van der Waals surface area contributed by atoms with Crippen LogP contribution < -0.4 is 0 Å². The molecule has 0 aliphatic carbocycles. The van der Waals surface area contributed by atoms with Gasteiger partial charge >= 0.3 is 0 Å². The summed E-state index contributed by atoms with van der Waals surface area (Å²) in [4.78, 5) is 19.6. The molecular formula is C21H28N4O2. The van der Waals surface area contributed by atoms with Gasteiger partial charge in [-0.1, -0.05) is 32.0 Å². The van der Waals surface area contributed by atoms with Gasteiger partial charge in [-0.05, 0) is 39.3 Å². The van der Waals surface area contributed by atoms with Crippen molar-refractivity contribution < 1.29 is 9.21 Å². The van der Waals surface area contributed by atoms with Gasteiger partial charge in [0.15, 0.2) is 0 Å². The molecule has 0 saturated carbocycles. The number of hydrogen-bond acceptors (Lipinski definition) is 5. The van der Waals surface area contributed by atoms with Crippen molar-refractivity contribution in [3.05, 3.63) is 52.9 Å². The summed E-state index contributed by atoms with van der Waals surface area (Å²) >= 11 is 0. The quantitative estimate of drug-likeness (QED) is 0.677. The molecule has 3 rings (SSSR count). The van der Waals surface area contributed by atoms with Crippen molar-refractivity contribution in [3.63, 3.8) is 0 Å². The number of fused-ring (bicyclic) bond motifs is 1. The number of carbonyl (C=O) groups excluding carboxylic acids is 1. The first kappa shape index (κ1) is 20.6. The lowest BCUT2D eigenvalue weighted by molar-refractivity contribution is 0.0566. The molecule has 6 heteroatoms. The predicted octanol–water partition coefficient (Wildman–Crippen LogP) is 4.58. The zero-order valence-electron chi connectivity index (χ0n) is 17.4. The molecule has 0 unspecified atom stereocenters. The van der Waals surface area contributed by atoms with Crippen LogP contribution in [0.25, 0.3) is 10.9 Å². The third kappa shape index (κ3) is 3.70. The normalized spacial score (nSPS) is 11.1. The molecule has 0 spiro atoms. The number of aromatic nitrogens is 3. The fraction of sp³-hybridized carbons (Fsp3) is 0.429. The Labute approximate surface area is 160 Å². The van der Waals surface area contributed by atoms with Crippen LogP contribution in [0.3, 0.4) is 0 Å². The fourth-order valence-corrected chi connectivity index (χ4v) is 2.81. The van der Waals surface area contributed by atoms with Gasteiger partial charge in [0.2, 0.25) is 11.8 Å². The lowest BCUT2D eigenvalue weighted by Gasteiger charge is -2.33. The van der Waals surface area contributed by atoms with E-state index < -0.39 is 5.54 Å². The lowest BCUT2D eigenvalue weighted by atomic mass is 9.97. The molecule has 27 heavy (non-hydrogen) atoms. The van der Waals surface area contributed by atoms with Gasteiger partial charge in [0.25, 0.3) is 5.91 Å². The van der Waals surface area contributed by atoms with E-state index in [-0.39, 0.29) is 5.91 Å². The highest BCUT2D eigenvalue weighted by Crippen LogP contribution is 2.30. The number of benzene rings is 1. The number of pyridine rings is 1. The number of amides is 1. The molecule has 2 heterocycles. The second kappa shape index (κ2) is 7.86. The first-order valence-electron chi connectivity index (χ1n) is 9.18. The molecule has 144 valence electrons. The smallest absolute Gasteiger partial charge is 0.255 e. The maximum atomic E-state index is 13.4. The van der Waals surface area contributed by atoms with E-state index in [1.807, 2.05) is 65.8 Å². The number of hydrogen-bond donors (Lipinski definition) is 0. The molecule has 0 bridgehead atoms. The van der Waals surface area contributed by atoms with E-state index in [4.69, 9.17) is 4.42 Å². The third-order valence-electron chi connectivity index (χ3n) is 4.79. The van der Waals surface area contributed by atoms with Crippen molar-refractivity contribution in [2.45, 2.75) is 54.0 Å². The third-order valence-corrected chi connectivity index (χ3v) is 4.79. The van der Waals surface area contributed by atoms with Gasteiger partial charge in [-0.3, -0.25) is 9.78 Å². The van der Waals surface area contributed by atoms with E-state index in [9.17, 15) is 4.79 Å². The zero-order valence-corrected chi connectivity index (χ0v) is 17.4. The largest absolute Gasteiger partial charge is 0.423 e. The standard InChI is InChI=1S/C19H22N4O2.C2H6/c1-11-12(2)20-15-10-8-7-9-14(15)16(11)17(24)23(6)19(4,5)18-22-21-13(3)25-18;1-2/h7-10H,1-6H3;1-2H3. The summed E-state index contributed by atoms with van der Waals surface area (Å²) in [5.41, 5.74) is 2.47. The second-order valence-electron chi connectivity index (χ2n) is 6.76. The molecule has 0 atom stereocenters. The number of aryl methyl sites for hydroxylation is 2. The van der Waals surface area contributed by atoms with Crippen molar-refractivity contribution in [1.29, 1.82) is 0 Å². The van der Waals surface area contributed by atoms with Crippen LogP contribution in [-0.4, -0.2) is 33.0 Å². The Balaban J connectivity index is 0.00000126. The van der Waals surface area contributed by atoms with Crippen LogP contribution in [0.15, 0.2) is 28.7 Å². The van der Waals surface area contributed by atoms with Gasteiger partial charge in [-0.2, -0.15) is 0 Å². The Morgan fingerprint density at radius 2 is 1.70 bits per heavy atom. The Kier molecular flexibility index (Phi) is 5.98. The SMILES string of the molecule is CC.Cc1nnc(C(C)(C)N(C)C(=O)c2c(C)c(C)nc3ccccc23)o1. The van der Waals surface area contributed by atoms with Gasteiger partial charge in [-0.15, -0.1) is 10.2 Å². The van der Waals surface area contributed by atoms with E-state index in [2.05, 4.69) is 15.2 Å². The van der Waals surface area contributed by atoms with Gasteiger partial charge in [-0.25, -0.2) is 0 Å². The summed E-state index contributed by atoms with van der Waals surface area (Å²) in [6, 6.07) is 7.69. The van der Waals surface area contributed by atoms with Crippen molar-refractivity contribution in [3.8, 4) is 0 Å². The van der Waals surface area contributed by atoms with Crippen LogP contribution in [0.2, 0.25) is 0 Å². The molecule has 0 fully saturated rings. The summed E-state index contributed by atoms with van der Waals surface area (Å²) in [6.07, 6.45) is 0. The van der Waals surface area contributed by atoms with Crippen molar-refractivity contribution in [1.82, 2.24) is 20.1 Å². The van der Waals surface area contributed by atoms with Crippen LogP contribution in [0.1, 0.15) is 61.1 Å². The highest BCUT2D eigenvalue weighted by molar-refractivity contribution is 6.07. The maximum absolute atomic E-state index is 13.4. The van der Waals surface area contributed by atoms with Crippen molar-refractivity contribution in [2.75, 3.05) is 7.05 Å². The van der Waals surface area contributed by atoms with Crippen LogP contribution >= 0.6 is 0 Å². The van der Waals surface area contributed by atoms with Crippen LogP contribution in [-0.2, 0) is 5.54 Å². The average Bonchev–Trinajstić information content (AvgIpc) is 3.10. The van der Waals surface area contributed by atoms with Crippen LogP contribution in [0.4, 0.5) is 0 Å². The number of rotatable bonds is 3. The van der Waals surface area contributed by atoms with E-state index >= 15 is 0 Å². The number of para-hydroxylation sites is 1. The van der Waals surface area contributed by atoms with Crippen molar-refractivity contribution in [2.24, 2.45) is 0 Å². The maximum Gasteiger partial charge on any atom is 0.255 e. The van der Waals surface area contributed by atoms with E-state index in [0.717, 1.165) is 22.2 Å². The minimum absolute atomic E-state index is 0.0972. The first-order chi connectivity index (χ1) is 12.7. The summed E-state index contributed by atoms with van der Waals surface area (Å²) < 4.78 is 5.57. The number of nitrogens with zero attached hydrogens (tertiary/aromatic N) is 4. The first-order valence-corrected chi connectivity index (χ1v) is 9.18. The molecule has 0 aliphatic rings. The summed E-state index contributed by atoms with van der Waals surface area (Å²) in [6.45, 7) is 13.4. The topological polar surface area (TPSA) is 72.1 Å². The Bertz CT molecular complexity index is 960. The summed E-state index contributed by atoms with van der Waals surface area (Å²) in [7, 11) is 1.76. The molecule has 1 aromatic carbocycles. The van der Waals surface area contributed by atoms with Crippen LogP contribution in [0.5, 0.6) is 0 Å². The molecule has 0 aliphatic heterocycles. The van der Waals surface area contributed by atoms with Gasteiger partial charge in [0.05, 0.1) is 11.1 Å². The van der Waals surface area contributed by atoms with E-state index in [0.29, 0.717) is 17.3 Å². The highest BCUT2D eigenvalue weighted by Gasteiger charge is 2.36. The highest BCUT2D eigenvalue weighted by atomic mass is 16.4. The minimum Gasteiger partial charge on any atom is -0.423 e. The van der Waals surface area contributed by atoms with E-state index in [1.165, 1.54) is 0 Å². The number of carbonyl (C=O) groups is 1. The lowest BCUT2D eigenvalue weighted by Crippen LogP contribution is -2.43. The molecule has 0 radical (unpaired) electrons. The van der Waals surface area contributed by atoms with Gasteiger partial charge in [0, 0.05) is 25.1 Å². The minimum atomic E-state index is -0.733. The molecular weight excluding hydrogens is 340 g/mol. The fourth-order valence-electron chi connectivity index (χ4n) is 2.81. The molecule has 1 amide bonds. The van der Waals surface area contributed by atoms with Gasteiger partial charge in [0.1, 0.15) is 5.54 Å². The summed E-state index contributed by atoms with van der Waals surface area (Å²) in [5.74, 6) is 0.791. The molecule has 0 saturated heterocycles. The second-order valence-corrected chi connectivity index (χ2v) is 6.76. The average molecular weight is 368 g/mol. The molecule has 3 aromatic rings. The predicted molar refractivity (Wildman–Crippen MR) is 107 cm³/mol. The summed E-state index contributed by atoms with van der Waals surface area (Å²) in [5, 5.41) is 8.83. The Morgan fingerprint density at radius 1 is 1.07 bits per heavy atom. The van der Waals surface area contributed by atoms with Crippen LogP contribution in [0, 0.1) is 20.8 Å². The van der Waals surface area contributed by atoms with Crippen molar-refractivity contribution >= 4 is 16.8 Å². The Hall–Kier alpha value is -2.76. The van der Waals surface area contributed by atoms with E-state index in [1.54, 1.807) is 18.9 Å². The Morgan fingerprint density at radius 3 is 2.30 bits per heavy atom. The van der Waals surface area contributed by atoms with Gasteiger partial charge < -0.3 is 9.32 Å². The molecule has 0 N–H and O–H groups in total. The molecule has 6 nitrogen and oxygen atoms in total. The monoisotopic (exact) mass is 368 g/mol. The zero-order chi connectivity index (χ0) is 20.4.